The van der Waals surface area contributed by atoms with Crippen LogP contribution in [0, 0.1) is 17.2 Å². The van der Waals surface area contributed by atoms with Gasteiger partial charge in [-0.05, 0) is 49.3 Å². The molecule has 0 amide bonds. The summed E-state index contributed by atoms with van der Waals surface area (Å²) >= 11 is 0. The van der Waals surface area contributed by atoms with Gasteiger partial charge in [0.2, 0.25) is 0 Å². The molecule has 20 heavy (non-hydrogen) atoms. The summed E-state index contributed by atoms with van der Waals surface area (Å²) in [5.41, 5.74) is 2.09. The van der Waals surface area contributed by atoms with E-state index in [0.29, 0.717) is 0 Å². The van der Waals surface area contributed by atoms with Crippen LogP contribution in [-0.4, -0.2) is 17.5 Å². The summed E-state index contributed by atoms with van der Waals surface area (Å²) in [5.74, 6) is 0.906. The molecule has 0 aliphatic heterocycles. The van der Waals surface area contributed by atoms with Crippen LogP contribution in [0.4, 0.5) is 0 Å². The van der Waals surface area contributed by atoms with Gasteiger partial charge >= 0.3 is 0 Å². The van der Waals surface area contributed by atoms with Crippen LogP contribution in [0.2, 0.25) is 0 Å². The maximum absolute atomic E-state index is 9.02. The largest absolute Gasteiger partial charge is 0.296 e. The number of hydrogen-bond donors (Lipinski definition) is 0. The van der Waals surface area contributed by atoms with Crippen molar-refractivity contribution in [1.29, 1.82) is 5.26 Å². The van der Waals surface area contributed by atoms with Crippen molar-refractivity contribution in [3.05, 3.63) is 35.4 Å². The van der Waals surface area contributed by atoms with Crippen LogP contribution in [0.1, 0.15) is 56.1 Å². The van der Waals surface area contributed by atoms with E-state index in [4.69, 9.17) is 5.26 Å². The van der Waals surface area contributed by atoms with Gasteiger partial charge in [-0.15, -0.1) is 0 Å². The van der Waals surface area contributed by atoms with E-state index in [2.05, 4.69) is 23.1 Å². The molecule has 1 aromatic rings. The van der Waals surface area contributed by atoms with Gasteiger partial charge in [-0.2, -0.15) is 5.26 Å². The molecule has 0 heterocycles. The van der Waals surface area contributed by atoms with Gasteiger partial charge in [0.25, 0.3) is 0 Å². The zero-order chi connectivity index (χ0) is 13.8. The normalized spacial score (nSPS) is 20.0. The van der Waals surface area contributed by atoms with Crippen molar-refractivity contribution < 1.29 is 0 Å². The minimum Gasteiger partial charge on any atom is -0.296 e. The lowest BCUT2D eigenvalue weighted by Crippen LogP contribution is -2.32. The van der Waals surface area contributed by atoms with E-state index in [0.717, 1.165) is 24.1 Å². The molecule has 0 N–H and O–H groups in total. The predicted octanol–water partition coefficient (Wildman–Crippen LogP) is 4.10. The van der Waals surface area contributed by atoms with E-state index in [1.165, 1.54) is 57.1 Å². The Balaban J connectivity index is 1.63. The second kappa shape index (κ2) is 6.41. The molecule has 0 spiro atoms. The Kier molecular flexibility index (Phi) is 4.38. The van der Waals surface area contributed by atoms with Gasteiger partial charge in [0, 0.05) is 19.1 Å². The van der Waals surface area contributed by atoms with Gasteiger partial charge in [0.1, 0.15) is 0 Å². The Morgan fingerprint density at radius 3 is 2.60 bits per heavy atom. The molecule has 2 saturated carbocycles. The Labute approximate surface area is 122 Å². The molecule has 3 rings (SSSR count). The van der Waals surface area contributed by atoms with Crippen molar-refractivity contribution in [3.8, 4) is 6.07 Å². The SMILES string of the molecule is N#Cc1cccc(CN(CC2CCCCC2)C2CC2)c1. The predicted molar refractivity (Wildman–Crippen MR) is 81.2 cm³/mol. The maximum Gasteiger partial charge on any atom is 0.0991 e. The van der Waals surface area contributed by atoms with Crippen LogP contribution in [0.15, 0.2) is 24.3 Å². The summed E-state index contributed by atoms with van der Waals surface area (Å²) in [6, 6.07) is 11.2. The van der Waals surface area contributed by atoms with Crippen molar-refractivity contribution in [2.24, 2.45) is 5.92 Å². The highest BCUT2D eigenvalue weighted by atomic mass is 15.2. The van der Waals surface area contributed by atoms with Crippen LogP contribution in [0.5, 0.6) is 0 Å². The summed E-state index contributed by atoms with van der Waals surface area (Å²) < 4.78 is 0. The van der Waals surface area contributed by atoms with Crippen molar-refractivity contribution in [2.45, 2.75) is 57.5 Å². The zero-order valence-corrected chi connectivity index (χ0v) is 12.2. The molecular formula is C18H24N2. The Morgan fingerprint density at radius 1 is 1.10 bits per heavy atom. The first-order chi connectivity index (χ1) is 9.85. The molecule has 0 bridgehead atoms. The van der Waals surface area contributed by atoms with Crippen LogP contribution in [-0.2, 0) is 6.54 Å². The molecule has 2 aliphatic rings. The fraction of sp³-hybridized carbons (Fsp3) is 0.611. The van der Waals surface area contributed by atoms with E-state index in [1.54, 1.807) is 0 Å². The molecule has 2 heteroatoms. The van der Waals surface area contributed by atoms with Crippen LogP contribution >= 0.6 is 0 Å². The Morgan fingerprint density at radius 2 is 1.90 bits per heavy atom. The highest BCUT2D eigenvalue weighted by Gasteiger charge is 2.30. The summed E-state index contributed by atoms with van der Waals surface area (Å²) in [6.45, 7) is 2.29. The van der Waals surface area contributed by atoms with Gasteiger partial charge < -0.3 is 0 Å². The zero-order valence-electron chi connectivity index (χ0n) is 12.2. The van der Waals surface area contributed by atoms with Crippen molar-refractivity contribution in [2.75, 3.05) is 6.54 Å². The summed E-state index contributed by atoms with van der Waals surface area (Å²) in [6.07, 6.45) is 9.85. The van der Waals surface area contributed by atoms with Crippen LogP contribution in [0.3, 0.4) is 0 Å². The van der Waals surface area contributed by atoms with E-state index in [-0.39, 0.29) is 0 Å². The number of benzene rings is 1. The molecule has 0 atom stereocenters. The molecule has 106 valence electrons. The third-order valence-electron chi connectivity index (χ3n) is 4.72. The van der Waals surface area contributed by atoms with E-state index >= 15 is 0 Å². The van der Waals surface area contributed by atoms with E-state index in [1.807, 2.05) is 12.1 Å². The summed E-state index contributed by atoms with van der Waals surface area (Å²) in [4.78, 5) is 2.67. The Bertz CT molecular complexity index is 478. The first kappa shape index (κ1) is 13.6. The second-order valence-corrected chi connectivity index (χ2v) is 6.48. The molecule has 2 aliphatic carbocycles. The van der Waals surface area contributed by atoms with Crippen molar-refractivity contribution >= 4 is 0 Å². The lowest BCUT2D eigenvalue weighted by atomic mass is 9.89. The monoisotopic (exact) mass is 268 g/mol. The fourth-order valence-electron chi connectivity index (χ4n) is 3.46. The molecule has 0 saturated heterocycles. The lowest BCUT2D eigenvalue weighted by molar-refractivity contribution is 0.186. The topological polar surface area (TPSA) is 27.0 Å². The highest BCUT2D eigenvalue weighted by molar-refractivity contribution is 5.32. The highest BCUT2D eigenvalue weighted by Crippen LogP contribution is 2.32. The molecule has 1 aromatic carbocycles. The third kappa shape index (κ3) is 3.61. The van der Waals surface area contributed by atoms with E-state index in [9.17, 15) is 0 Å². The average molecular weight is 268 g/mol. The lowest BCUT2D eigenvalue weighted by Gasteiger charge is -2.30. The van der Waals surface area contributed by atoms with Gasteiger partial charge in [-0.25, -0.2) is 0 Å². The number of nitriles is 1. The minimum absolute atomic E-state index is 0.788. The quantitative estimate of drug-likeness (QED) is 0.803. The summed E-state index contributed by atoms with van der Waals surface area (Å²) in [7, 11) is 0. The minimum atomic E-state index is 0.788. The molecular weight excluding hydrogens is 244 g/mol. The molecule has 2 nitrogen and oxygen atoms in total. The second-order valence-electron chi connectivity index (χ2n) is 6.48. The number of rotatable bonds is 5. The van der Waals surface area contributed by atoms with Gasteiger partial charge in [0.15, 0.2) is 0 Å². The smallest absolute Gasteiger partial charge is 0.0991 e. The third-order valence-corrected chi connectivity index (χ3v) is 4.72. The van der Waals surface area contributed by atoms with Crippen molar-refractivity contribution in [1.82, 2.24) is 4.90 Å². The molecule has 2 fully saturated rings. The molecule has 0 unspecified atom stereocenters. The molecule has 0 aromatic heterocycles. The van der Waals surface area contributed by atoms with Gasteiger partial charge in [-0.3, -0.25) is 4.90 Å². The maximum atomic E-state index is 9.02. The molecule has 0 radical (unpaired) electrons. The first-order valence-electron chi connectivity index (χ1n) is 8.08. The van der Waals surface area contributed by atoms with E-state index < -0.39 is 0 Å². The first-order valence-corrected chi connectivity index (χ1v) is 8.08. The number of hydrogen-bond acceptors (Lipinski definition) is 2. The Hall–Kier alpha value is -1.33. The van der Waals surface area contributed by atoms with Gasteiger partial charge in [0.05, 0.1) is 11.6 Å². The van der Waals surface area contributed by atoms with Crippen LogP contribution in [0.25, 0.3) is 0 Å². The van der Waals surface area contributed by atoms with Crippen molar-refractivity contribution in [3.63, 3.8) is 0 Å². The standard InChI is InChI=1S/C18H24N2/c19-12-16-7-4-8-17(11-16)14-20(18-9-10-18)13-15-5-2-1-3-6-15/h4,7-8,11,15,18H,1-3,5-6,9-10,13-14H2. The summed E-state index contributed by atoms with van der Waals surface area (Å²) in [5, 5.41) is 9.02. The average Bonchev–Trinajstić information content (AvgIpc) is 3.33. The van der Waals surface area contributed by atoms with Gasteiger partial charge in [-0.1, -0.05) is 31.4 Å². The number of nitrogens with zero attached hydrogens (tertiary/aromatic N) is 2. The fourth-order valence-corrected chi connectivity index (χ4v) is 3.46. The van der Waals surface area contributed by atoms with Crippen LogP contribution < -0.4 is 0 Å².